The van der Waals surface area contributed by atoms with E-state index in [9.17, 15) is 49.8 Å². The fourth-order valence-corrected chi connectivity index (χ4v) is 5.72. The van der Waals surface area contributed by atoms with Gasteiger partial charge >= 0.3 is 5.97 Å². The lowest BCUT2D eigenvalue weighted by Crippen LogP contribution is -2.65. The van der Waals surface area contributed by atoms with Crippen LogP contribution in [-0.2, 0) is 52.3 Å². The predicted octanol–water partition coefficient (Wildman–Crippen LogP) is -5.62. The van der Waals surface area contributed by atoms with Crippen LogP contribution >= 0.6 is 12.6 Å². The average Bonchev–Trinajstić information content (AvgIpc) is 3.13. The molecule has 0 aromatic carbocycles. The van der Waals surface area contributed by atoms with Crippen molar-refractivity contribution in [2.45, 2.75) is 133 Å². The van der Waals surface area contributed by atoms with Gasteiger partial charge in [-0.3, -0.25) is 19.2 Å². The molecule has 3 saturated heterocycles. The molecule has 0 radical (unpaired) electrons. The first-order valence-corrected chi connectivity index (χ1v) is 18.2. The minimum absolute atomic E-state index is 0.181. The summed E-state index contributed by atoms with van der Waals surface area (Å²) < 4.78 is 36.9. The fourth-order valence-electron chi connectivity index (χ4n) is 5.65. The zero-order chi connectivity index (χ0) is 42.0. The van der Waals surface area contributed by atoms with Crippen LogP contribution in [0.2, 0.25) is 0 Å². The summed E-state index contributed by atoms with van der Waals surface area (Å²) in [6, 6.07) is -2.60. The summed E-state index contributed by atoms with van der Waals surface area (Å²) in [5.41, 5.74) is 0. The van der Waals surface area contributed by atoms with Gasteiger partial charge in [-0.15, -0.1) is 0 Å². The standard InChI is InChI=1S/C12H21NO7S.2C10H19NO6/c1-3-18-12-9(13-6(2)15)11(20-8(16)5-21)10(17)7(4-14)19-12;2*1-3-16-10-7(11-5(2)13)9(15)8(14)6(4-12)17-10/h7,9-12,14,17,21H,3-5H2,1-2H3,(H,13,15);2*6-10,12,14-15H,3-4H2,1-2H3,(H,11,13). The maximum atomic E-state index is 11.4. The molecular formula is C32H59N3O19S. The van der Waals surface area contributed by atoms with E-state index in [1.807, 2.05) is 0 Å². The zero-order valence-electron chi connectivity index (χ0n) is 31.6. The van der Waals surface area contributed by atoms with Crippen LogP contribution in [0.5, 0.6) is 0 Å². The number of amides is 3. The summed E-state index contributed by atoms with van der Waals surface area (Å²) >= 11 is 3.80. The minimum atomic E-state index is -1.30. The topological polar surface area (TPSA) is 331 Å². The Labute approximate surface area is 324 Å². The number of thiol groups is 1. The highest BCUT2D eigenvalue weighted by Crippen LogP contribution is 2.26. The third-order valence-corrected chi connectivity index (χ3v) is 8.37. The molecule has 322 valence electrons. The van der Waals surface area contributed by atoms with Crippen molar-refractivity contribution in [1.82, 2.24) is 16.0 Å². The van der Waals surface area contributed by atoms with E-state index in [-0.39, 0.29) is 24.2 Å². The van der Waals surface area contributed by atoms with Gasteiger partial charge in [0.2, 0.25) is 17.7 Å². The van der Waals surface area contributed by atoms with Crippen molar-refractivity contribution in [3.05, 3.63) is 0 Å². The Morgan fingerprint density at radius 2 is 0.855 bits per heavy atom. The molecule has 3 heterocycles. The van der Waals surface area contributed by atoms with Crippen LogP contribution in [-0.4, -0.2) is 202 Å². The summed E-state index contributed by atoms with van der Waals surface area (Å²) in [6.45, 7) is 8.63. The normalized spacial score (nSPS) is 35.8. The van der Waals surface area contributed by atoms with Crippen molar-refractivity contribution in [3.8, 4) is 0 Å². The second-order valence-electron chi connectivity index (χ2n) is 12.3. The molecule has 3 aliphatic heterocycles. The van der Waals surface area contributed by atoms with Crippen LogP contribution in [0.25, 0.3) is 0 Å². The largest absolute Gasteiger partial charge is 0.456 e. The molecule has 22 nitrogen and oxygen atoms in total. The van der Waals surface area contributed by atoms with Gasteiger partial charge in [0.1, 0.15) is 67.0 Å². The second kappa shape index (κ2) is 25.8. The average molecular weight is 822 g/mol. The molecule has 55 heavy (non-hydrogen) atoms. The summed E-state index contributed by atoms with van der Waals surface area (Å²) in [5.74, 6) is -1.96. The number of rotatable bonds is 14. The number of aliphatic hydroxyl groups is 8. The molecule has 0 bridgehead atoms. The highest BCUT2D eigenvalue weighted by molar-refractivity contribution is 7.81. The van der Waals surface area contributed by atoms with Crippen molar-refractivity contribution < 1.29 is 93.2 Å². The number of carbonyl (C=O) groups excluding carboxylic acids is 4. The molecule has 3 aliphatic rings. The molecule has 0 aromatic heterocycles. The maximum absolute atomic E-state index is 11.4. The first-order valence-electron chi connectivity index (χ1n) is 17.6. The van der Waals surface area contributed by atoms with Crippen LogP contribution in [0.15, 0.2) is 0 Å². The molecule has 15 atom stereocenters. The van der Waals surface area contributed by atoms with E-state index in [1.54, 1.807) is 20.8 Å². The van der Waals surface area contributed by atoms with Gasteiger partial charge in [-0.25, -0.2) is 0 Å². The molecule has 15 unspecified atom stereocenters. The van der Waals surface area contributed by atoms with Crippen LogP contribution in [0, 0.1) is 0 Å². The Bertz CT molecular complexity index is 1110. The third kappa shape index (κ3) is 15.5. The quantitative estimate of drug-likeness (QED) is 0.0574. The second-order valence-corrected chi connectivity index (χ2v) is 12.6. The highest BCUT2D eigenvalue weighted by atomic mass is 32.1. The monoisotopic (exact) mass is 821 g/mol. The summed E-state index contributed by atoms with van der Waals surface area (Å²) in [4.78, 5) is 44.8. The number of ether oxygens (including phenoxy) is 7. The lowest BCUT2D eigenvalue weighted by Gasteiger charge is -2.43. The molecule has 3 amide bonds. The van der Waals surface area contributed by atoms with E-state index in [0.717, 1.165) is 0 Å². The molecule has 11 N–H and O–H groups in total. The number of nitrogens with one attached hydrogen (secondary N) is 3. The Balaban J connectivity index is 0.000000416. The van der Waals surface area contributed by atoms with Gasteiger partial charge < -0.3 is 90.0 Å². The summed E-state index contributed by atoms with van der Waals surface area (Å²) in [7, 11) is 0. The van der Waals surface area contributed by atoms with E-state index in [2.05, 4.69) is 28.6 Å². The van der Waals surface area contributed by atoms with E-state index >= 15 is 0 Å². The van der Waals surface area contributed by atoms with Gasteiger partial charge in [-0.2, -0.15) is 12.6 Å². The van der Waals surface area contributed by atoms with Crippen LogP contribution in [0.1, 0.15) is 41.5 Å². The van der Waals surface area contributed by atoms with Crippen LogP contribution < -0.4 is 16.0 Å². The summed E-state index contributed by atoms with van der Waals surface area (Å²) in [5, 5.41) is 83.9. The first kappa shape index (κ1) is 50.7. The van der Waals surface area contributed by atoms with Crippen molar-refractivity contribution in [2.24, 2.45) is 0 Å². The van der Waals surface area contributed by atoms with E-state index in [0.29, 0.717) is 13.2 Å². The first-order chi connectivity index (χ1) is 26.0. The minimum Gasteiger partial charge on any atom is -0.456 e. The molecule has 0 aliphatic carbocycles. The van der Waals surface area contributed by atoms with Gasteiger partial charge in [0, 0.05) is 40.6 Å². The van der Waals surface area contributed by atoms with E-state index in [1.165, 1.54) is 20.8 Å². The summed E-state index contributed by atoms with van der Waals surface area (Å²) in [6.07, 6.45) is -13.0. The van der Waals surface area contributed by atoms with Crippen molar-refractivity contribution >= 4 is 36.3 Å². The molecule has 0 aromatic rings. The van der Waals surface area contributed by atoms with Gasteiger partial charge in [0.25, 0.3) is 0 Å². The maximum Gasteiger partial charge on any atom is 0.316 e. The van der Waals surface area contributed by atoms with Gasteiger partial charge in [0.05, 0.1) is 25.6 Å². The molecular weight excluding hydrogens is 762 g/mol. The Kier molecular flexibility index (Phi) is 23.8. The highest BCUT2D eigenvalue weighted by Gasteiger charge is 2.49. The third-order valence-electron chi connectivity index (χ3n) is 8.11. The van der Waals surface area contributed by atoms with E-state index in [4.69, 9.17) is 43.4 Å². The Hall–Kier alpha value is -2.33. The smallest absolute Gasteiger partial charge is 0.316 e. The van der Waals surface area contributed by atoms with Crippen molar-refractivity contribution in [1.29, 1.82) is 0 Å². The van der Waals surface area contributed by atoms with E-state index < -0.39 is 124 Å². The predicted molar refractivity (Wildman–Crippen MR) is 189 cm³/mol. The molecule has 0 spiro atoms. The lowest BCUT2D eigenvalue weighted by molar-refractivity contribution is -0.272. The molecule has 0 saturated carbocycles. The number of hydrogen-bond acceptors (Lipinski definition) is 20. The number of hydrogen-bond donors (Lipinski definition) is 12. The molecule has 3 fully saturated rings. The number of aliphatic hydroxyl groups excluding tert-OH is 8. The molecule has 23 heteroatoms. The Morgan fingerprint density at radius 3 is 1.15 bits per heavy atom. The Morgan fingerprint density at radius 1 is 0.545 bits per heavy atom. The number of esters is 1. The van der Waals surface area contributed by atoms with Gasteiger partial charge in [0.15, 0.2) is 25.0 Å². The zero-order valence-corrected chi connectivity index (χ0v) is 32.5. The van der Waals surface area contributed by atoms with Crippen molar-refractivity contribution in [3.63, 3.8) is 0 Å². The van der Waals surface area contributed by atoms with Crippen molar-refractivity contribution in [2.75, 3.05) is 45.4 Å². The van der Waals surface area contributed by atoms with Crippen LogP contribution in [0.3, 0.4) is 0 Å². The van der Waals surface area contributed by atoms with Crippen LogP contribution in [0.4, 0.5) is 0 Å². The SMILES string of the molecule is CCOC1OC(CO)C(O)C(O)C1NC(C)=O.CCOC1OC(CO)C(O)C(O)C1NC(C)=O.CCOC1OC(CO)C(O)C(OC(=O)CS)C1NC(C)=O. The lowest BCUT2D eigenvalue weighted by atomic mass is 9.96. The molecule has 3 rings (SSSR count). The fraction of sp³-hybridized carbons (Fsp3) is 0.875. The number of carbonyl (C=O) groups is 4. The van der Waals surface area contributed by atoms with Gasteiger partial charge in [-0.1, -0.05) is 0 Å². The van der Waals surface area contributed by atoms with Gasteiger partial charge in [-0.05, 0) is 20.8 Å².